The van der Waals surface area contributed by atoms with Crippen LogP contribution in [-0.4, -0.2) is 20.9 Å². The Morgan fingerprint density at radius 2 is 1.65 bits per heavy atom. The molecule has 0 atom stereocenters. The number of benzene rings is 3. The molecule has 5 aromatic rings. The van der Waals surface area contributed by atoms with Crippen molar-refractivity contribution in [3.63, 3.8) is 0 Å². The van der Waals surface area contributed by atoms with E-state index in [-0.39, 0.29) is 5.76 Å². The molecule has 0 aliphatic heterocycles. The summed E-state index contributed by atoms with van der Waals surface area (Å²) < 4.78 is 5.70. The summed E-state index contributed by atoms with van der Waals surface area (Å²) in [5, 5.41) is 12.6. The summed E-state index contributed by atoms with van der Waals surface area (Å²) in [4.78, 5) is 14.2. The molecule has 0 radical (unpaired) electrons. The van der Waals surface area contributed by atoms with Gasteiger partial charge in [0.05, 0.1) is 16.4 Å². The van der Waals surface area contributed by atoms with Gasteiger partial charge in [0.15, 0.2) is 5.76 Å². The van der Waals surface area contributed by atoms with E-state index in [0.29, 0.717) is 32.5 Å². The van der Waals surface area contributed by atoms with Crippen LogP contribution >= 0.6 is 23.2 Å². The van der Waals surface area contributed by atoms with Gasteiger partial charge in [0, 0.05) is 10.6 Å². The molecule has 0 fully saturated rings. The molecule has 0 bridgehead atoms. The maximum Gasteiger partial charge on any atom is 0.291 e. The number of hydrogen-bond donors (Lipinski definition) is 1. The van der Waals surface area contributed by atoms with Gasteiger partial charge < -0.3 is 9.73 Å². The van der Waals surface area contributed by atoms with Crippen molar-refractivity contribution in [1.29, 1.82) is 0 Å². The van der Waals surface area contributed by atoms with Crippen LogP contribution in [0.25, 0.3) is 28.0 Å². The number of rotatable bonds is 4. The molecule has 0 saturated carbocycles. The van der Waals surface area contributed by atoms with Gasteiger partial charge in [0.25, 0.3) is 5.91 Å². The SMILES string of the molecule is O=C(Nc1cc2nn(-c3ccccc3)nc2cc1Cl)c1ccc(-c2cccc(Cl)c2)o1. The number of carbonyl (C=O) groups is 1. The zero-order valence-electron chi connectivity index (χ0n) is 15.9. The number of furan rings is 1. The first kappa shape index (κ1) is 19.4. The lowest BCUT2D eigenvalue weighted by atomic mass is 10.2. The topological polar surface area (TPSA) is 73.0 Å². The lowest BCUT2D eigenvalue weighted by Gasteiger charge is -2.05. The minimum absolute atomic E-state index is 0.152. The number of hydrogen-bond acceptors (Lipinski definition) is 4. The molecule has 6 nitrogen and oxygen atoms in total. The number of nitrogens with zero attached hydrogens (tertiary/aromatic N) is 3. The Balaban J connectivity index is 1.41. The summed E-state index contributed by atoms with van der Waals surface area (Å²) in [5.41, 5.74) is 3.24. The van der Waals surface area contributed by atoms with Crippen LogP contribution in [0.15, 0.2) is 83.3 Å². The van der Waals surface area contributed by atoms with Crippen LogP contribution in [0, 0.1) is 0 Å². The van der Waals surface area contributed by atoms with Crippen molar-refractivity contribution in [2.24, 2.45) is 0 Å². The molecule has 31 heavy (non-hydrogen) atoms. The predicted octanol–water partition coefficient (Wildman–Crippen LogP) is 6.24. The van der Waals surface area contributed by atoms with E-state index in [9.17, 15) is 4.79 Å². The summed E-state index contributed by atoms with van der Waals surface area (Å²) in [6.45, 7) is 0. The highest BCUT2D eigenvalue weighted by atomic mass is 35.5. The number of carbonyl (C=O) groups excluding carboxylic acids is 1. The molecule has 1 N–H and O–H groups in total. The van der Waals surface area contributed by atoms with Crippen LogP contribution in [0.4, 0.5) is 5.69 Å². The summed E-state index contributed by atoms with van der Waals surface area (Å²) in [6.07, 6.45) is 0. The first-order valence-electron chi connectivity index (χ1n) is 9.36. The van der Waals surface area contributed by atoms with E-state index in [4.69, 9.17) is 27.6 Å². The average Bonchev–Trinajstić information content (AvgIpc) is 3.42. The van der Waals surface area contributed by atoms with E-state index in [0.717, 1.165) is 11.3 Å². The van der Waals surface area contributed by atoms with Crippen molar-refractivity contribution in [1.82, 2.24) is 15.0 Å². The minimum Gasteiger partial charge on any atom is -0.451 e. The van der Waals surface area contributed by atoms with Crippen molar-refractivity contribution >= 4 is 45.8 Å². The monoisotopic (exact) mass is 448 g/mol. The predicted molar refractivity (Wildman–Crippen MR) is 121 cm³/mol. The van der Waals surface area contributed by atoms with Gasteiger partial charge in [-0.2, -0.15) is 4.80 Å². The van der Waals surface area contributed by atoms with E-state index in [2.05, 4.69) is 15.5 Å². The van der Waals surface area contributed by atoms with Gasteiger partial charge in [-0.3, -0.25) is 4.79 Å². The van der Waals surface area contributed by atoms with Crippen molar-refractivity contribution in [3.05, 3.63) is 94.7 Å². The second-order valence-electron chi connectivity index (χ2n) is 6.77. The van der Waals surface area contributed by atoms with Crippen LogP contribution in [0.5, 0.6) is 0 Å². The van der Waals surface area contributed by atoms with Gasteiger partial charge in [-0.05, 0) is 48.5 Å². The fourth-order valence-corrected chi connectivity index (χ4v) is 3.55. The average molecular weight is 449 g/mol. The molecule has 1 amide bonds. The van der Waals surface area contributed by atoms with E-state index < -0.39 is 5.91 Å². The van der Waals surface area contributed by atoms with Crippen LogP contribution in [0.1, 0.15) is 10.6 Å². The normalized spacial score (nSPS) is 11.0. The third-order valence-electron chi connectivity index (χ3n) is 4.64. The Labute approximate surface area is 187 Å². The summed E-state index contributed by atoms with van der Waals surface area (Å²) in [5.74, 6) is 0.268. The zero-order valence-corrected chi connectivity index (χ0v) is 17.4. The number of anilines is 1. The zero-order chi connectivity index (χ0) is 21.4. The number of aromatic nitrogens is 3. The maximum absolute atomic E-state index is 12.7. The number of amides is 1. The van der Waals surface area contributed by atoms with Gasteiger partial charge in [-0.25, -0.2) is 0 Å². The highest BCUT2D eigenvalue weighted by molar-refractivity contribution is 6.34. The Morgan fingerprint density at radius 1 is 0.871 bits per heavy atom. The standard InChI is InChI=1S/C23H14Cl2N4O2/c24-15-6-4-5-14(11-15)21-9-10-22(31-21)23(30)26-18-13-20-19(12-17(18)25)27-29(28-20)16-7-2-1-3-8-16/h1-13H,(H,26,30). The van der Waals surface area contributed by atoms with Gasteiger partial charge >= 0.3 is 0 Å². The quantitative estimate of drug-likeness (QED) is 0.353. The highest BCUT2D eigenvalue weighted by Gasteiger charge is 2.16. The van der Waals surface area contributed by atoms with E-state index >= 15 is 0 Å². The van der Waals surface area contributed by atoms with Crippen molar-refractivity contribution in [2.75, 3.05) is 5.32 Å². The van der Waals surface area contributed by atoms with Gasteiger partial charge in [0.2, 0.25) is 0 Å². The molecule has 3 aromatic carbocycles. The van der Waals surface area contributed by atoms with Crippen molar-refractivity contribution in [3.8, 4) is 17.0 Å². The molecule has 2 heterocycles. The van der Waals surface area contributed by atoms with E-state index in [1.54, 1.807) is 36.4 Å². The van der Waals surface area contributed by atoms with Crippen molar-refractivity contribution < 1.29 is 9.21 Å². The summed E-state index contributed by atoms with van der Waals surface area (Å²) in [7, 11) is 0. The Hall–Kier alpha value is -3.61. The fraction of sp³-hybridized carbons (Fsp3) is 0. The number of nitrogens with one attached hydrogen (secondary N) is 1. The molecule has 5 rings (SSSR count). The third-order valence-corrected chi connectivity index (χ3v) is 5.19. The van der Waals surface area contributed by atoms with Crippen LogP contribution < -0.4 is 5.32 Å². The second-order valence-corrected chi connectivity index (χ2v) is 7.62. The van der Waals surface area contributed by atoms with Crippen LogP contribution in [0.2, 0.25) is 10.0 Å². The lowest BCUT2D eigenvalue weighted by molar-refractivity contribution is 0.0997. The van der Waals surface area contributed by atoms with Gasteiger partial charge in [0.1, 0.15) is 16.8 Å². The highest BCUT2D eigenvalue weighted by Crippen LogP contribution is 2.29. The molecule has 0 saturated heterocycles. The van der Waals surface area contributed by atoms with Crippen LogP contribution in [-0.2, 0) is 0 Å². The smallest absolute Gasteiger partial charge is 0.291 e. The Morgan fingerprint density at radius 3 is 2.42 bits per heavy atom. The molecule has 8 heteroatoms. The molecule has 0 spiro atoms. The maximum atomic E-state index is 12.7. The van der Waals surface area contributed by atoms with Gasteiger partial charge in [-0.15, -0.1) is 10.2 Å². The first-order valence-corrected chi connectivity index (χ1v) is 10.1. The van der Waals surface area contributed by atoms with E-state index in [1.807, 2.05) is 42.5 Å². The lowest BCUT2D eigenvalue weighted by Crippen LogP contribution is -2.11. The molecular weight excluding hydrogens is 435 g/mol. The molecule has 0 aliphatic rings. The first-order chi connectivity index (χ1) is 15.1. The molecule has 0 aliphatic carbocycles. The fourth-order valence-electron chi connectivity index (χ4n) is 3.15. The second kappa shape index (κ2) is 7.91. The Bertz CT molecular complexity index is 1410. The number of fused-ring (bicyclic) bond motifs is 1. The van der Waals surface area contributed by atoms with E-state index in [1.165, 1.54) is 4.80 Å². The minimum atomic E-state index is -0.426. The van der Waals surface area contributed by atoms with Crippen LogP contribution in [0.3, 0.4) is 0 Å². The largest absolute Gasteiger partial charge is 0.451 e. The number of halogens is 2. The van der Waals surface area contributed by atoms with Gasteiger partial charge in [-0.1, -0.05) is 53.5 Å². The molecule has 0 unspecified atom stereocenters. The third kappa shape index (κ3) is 3.91. The molecule has 152 valence electrons. The summed E-state index contributed by atoms with van der Waals surface area (Å²) in [6, 6.07) is 23.4. The summed E-state index contributed by atoms with van der Waals surface area (Å²) >= 11 is 12.4. The van der Waals surface area contributed by atoms with Crippen molar-refractivity contribution in [2.45, 2.75) is 0 Å². The Kier molecular flexibility index (Phi) is 4.94. The molecular formula is C23H14Cl2N4O2. The molecule has 2 aromatic heterocycles. The number of para-hydroxylation sites is 1.